The van der Waals surface area contributed by atoms with E-state index in [1.54, 1.807) is 0 Å². The molecule has 1 saturated heterocycles. The Hall–Kier alpha value is -0.260. The minimum absolute atomic E-state index is 0.00866. The highest BCUT2D eigenvalue weighted by atomic mass is 32.2. The summed E-state index contributed by atoms with van der Waals surface area (Å²) in [5.41, 5.74) is 5.84. The van der Waals surface area contributed by atoms with Crippen LogP contribution in [-0.4, -0.2) is 42.1 Å². The van der Waals surface area contributed by atoms with Crippen molar-refractivity contribution in [2.45, 2.75) is 43.8 Å². The van der Waals surface area contributed by atoms with Crippen LogP contribution in [0.15, 0.2) is 0 Å². The van der Waals surface area contributed by atoms with Crippen LogP contribution in [0.25, 0.3) is 0 Å². The van der Waals surface area contributed by atoms with Gasteiger partial charge in [0.05, 0.1) is 6.04 Å². The summed E-state index contributed by atoms with van der Waals surface area (Å²) in [6, 6.07) is 0.701. The second-order valence-electron chi connectivity index (χ2n) is 4.70. The zero-order chi connectivity index (χ0) is 11.4. The molecule has 0 radical (unpaired) electrons. The molecule has 5 heteroatoms. The van der Waals surface area contributed by atoms with Crippen molar-refractivity contribution in [3.05, 3.63) is 0 Å². The van der Waals surface area contributed by atoms with Crippen molar-refractivity contribution < 1.29 is 4.79 Å². The topological polar surface area (TPSA) is 67.1 Å². The predicted octanol–water partition coefficient (Wildman–Crippen LogP) is 0.0775. The summed E-state index contributed by atoms with van der Waals surface area (Å²) in [6.07, 6.45) is 4.15. The first kappa shape index (κ1) is 12.2. The molecule has 1 amide bonds. The van der Waals surface area contributed by atoms with E-state index in [1.165, 1.54) is 0 Å². The minimum Gasteiger partial charge on any atom is -0.352 e. The normalized spacial score (nSPS) is 35.7. The monoisotopic (exact) mass is 243 g/mol. The Morgan fingerprint density at radius 1 is 1.31 bits per heavy atom. The number of hydrogen-bond donors (Lipinski definition) is 3. The van der Waals surface area contributed by atoms with Crippen LogP contribution in [0.5, 0.6) is 0 Å². The second kappa shape index (κ2) is 5.89. The lowest BCUT2D eigenvalue weighted by Crippen LogP contribution is -2.52. The van der Waals surface area contributed by atoms with Crippen molar-refractivity contribution in [2.24, 2.45) is 5.73 Å². The Bertz CT molecular complexity index is 235. The Morgan fingerprint density at radius 3 is 2.69 bits per heavy atom. The van der Waals surface area contributed by atoms with Gasteiger partial charge in [0.1, 0.15) is 0 Å². The molecule has 0 aromatic heterocycles. The maximum atomic E-state index is 11.9. The van der Waals surface area contributed by atoms with Crippen molar-refractivity contribution in [3.8, 4) is 0 Å². The Balaban J connectivity index is 1.73. The van der Waals surface area contributed by atoms with Gasteiger partial charge in [-0.3, -0.25) is 4.79 Å². The van der Waals surface area contributed by atoms with Crippen LogP contribution in [0, 0.1) is 0 Å². The minimum atomic E-state index is 0.00866. The molecule has 1 heterocycles. The van der Waals surface area contributed by atoms with E-state index in [-0.39, 0.29) is 11.9 Å². The van der Waals surface area contributed by atoms with E-state index in [0.29, 0.717) is 12.1 Å². The van der Waals surface area contributed by atoms with Crippen molar-refractivity contribution in [1.29, 1.82) is 0 Å². The lowest BCUT2D eigenvalue weighted by molar-refractivity contribution is -0.123. The third kappa shape index (κ3) is 3.37. The quantitative estimate of drug-likeness (QED) is 0.642. The molecule has 1 saturated carbocycles. The van der Waals surface area contributed by atoms with E-state index >= 15 is 0 Å². The van der Waals surface area contributed by atoms with E-state index in [9.17, 15) is 4.79 Å². The van der Waals surface area contributed by atoms with Gasteiger partial charge in [0, 0.05) is 30.1 Å². The summed E-state index contributed by atoms with van der Waals surface area (Å²) >= 11 is 1.85. The van der Waals surface area contributed by atoms with Gasteiger partial charge in [-0.15, -0.1) is 0 Å². The van der Waals surface area contributed by atoms with E-state index < -0.39 is 0 Å². The average Bonchev–Trinajstić information content (AvgIpc) is 2.33. The van der Waals surface area contributed by atoms with E-state index in [4.69, 9.17) is 5.73 Å². The molecule has 2 aliphatic rings. The molecular formula is C11H21N3OS. The zero-order valence-corrected chi connectivity index (χ0v) is 10.4. The first-order chi connectivity index (χ1) is 7.75. The van der Waals surface area contributed by atoms with Gasteiger partial charge in [-0.25, -0.2) is 0 Å². The van der Waals surface area contributed by atoms with Crippen LogP contribution in [0.2, 0.25) is 0 Å². The summed E-state index contributed by atoms with van der Waals surface area (Å²) in [5.74, 6) is 2.19. The molecule has 1 unspecified atom stereocenters. The van der Waals surface area contributed by atoms with Crippen LogP contribution < -0.4 is 16.4 Å². The predicted molar refractivity (Wildman–Crippen MR) is 67.5 cm³/mol. The van der Waals surface area contributed by atoms with Gasteiger partial charge in [-0.1, -0.05) is 0 Å². The maximum Gasteiger partial charge on any atom is 0.238 e. The van der Waals surface area contributed by atoms with Gasteiger partial charge in [-0.05, 0) is 25.7 Å². The number of hydrogen-bond acceptors (Lipinski definition) is 4. The summed E-state index contributed by atoms with van der Waals surface area (Å²) < 4.78 is 0. The largest absolute Gasteiger partial charge is 0.352 e. The van der Waals surface area contributed by atoms with Crippen LogP contribution in [0.3, 0.4) is 0 Å². The van der Waals surface area contributed by atoms with Crippen molar-refractivity contribution in [1.82, 2.24) is 10.6 Å². The SMILES string of the molecule is NC1CCC(NC(=O)C2CSCCN2)CC1. The van der Waals surface area contributed by atoms with Crippen molar-refractivity contribution in [3.63, 3.8) is 0 Å². The maximum absolute atomic E-state index is 11.9. The molecule has 1 aliphatic heterocycles. The van der Waals surface area contributed by atoms with Gasteiger partial charge in [0.2, 0.25) is 5.91 Å². The Kier molecular flexibility index (Phi) is 4.49. The molecule has 0 spiro atoms. The van der Waals surface area contributed by atoms with Gasteiger partial charge in [0.25, 0.3) is 0 Å². The molecule has 92 valence electrons. The molecule has 1 atom stereocenters. The first-order valence-corrected chi connectivity index (χ1v) is 7.28. The fourth-order valence-electron chi connectivity index (χ4n) is 2.30. The van der Waals surface area contributed by atoms with Crippen LogP contribution in [0.4, 0.5) is 0 Å². The number of nitrogens with one attached hydrogen (secondary N) is 2. The molecule has 1 aliphatic carbocycles. The lowest BCUT2D eigenvalue weighted by atomic mass is 9.91. The average molecular weight is 243 g/mol. The van der Waals surface area contributed by atoms with Gasteiger partial charge in [0.15, 0.2) is 0 Å². The molecular weight excluding hydrogens is 222 g/mol. The number of thioether (sulfide) groups is 1. The second-order valence-corrected chi connectivity index (χ2v) is 5.85. The summed E-state index contributed by atoms with van der Waals surface area (Å²) in [5, 5.41) is 6.40. The Morgan fingerprint density at radius 2 is 2.06 bits per heavy atom. The number of nitrogens with two attached hydrogens (primary N) is 1. The third-order valence-corrected chi connectivity index (χ3v) is 4.42. The third-order valence-electron chi connectivity index (χ3n) is 3.36. The highest BCUT2D eigenvalue weighted by Gasteiger charge is 2.25. The molecule has 0 aromatic carbocycles. The number of carbonyl (C=O) groups excluding carboxylic acids is 1. The fourth-order valence-corrected chi connectivity index (χ4v) is 3.23. The zero-order valence-electron chi connectivity index (χ0n) is 9.58. The molecule has 0 bridgehead atoms. The summed E-state index contributed by atoms with van der Waals surface area (Å²) in [4.78, 5) is 11.9. The smallest absolute Gasteiger partial charge is 0.238 e. The Labute approximate surface area is 101 Å². The highest BCUT2D eigenvalue weighted by Crippen LogP contribution is 2.17. The first-order valence-electron chi connectivity index (χ1n) is 6.13. The van der Waals surface area contributed by atoms with Crippen molar-refractivity contribution >= 4 is 17.7 Å². The van der Waals surface area contributed by atoms with Crippen LogP contribution in [-0.2, 0) is 4.79 Å². The standard InChI is InChI=1S/C11H21N3OS/c12-8-1-3-9(4-2-8)14-11(15)10-7-16-6-5-13-10/h8-10,13H,1-7,12H2,(H,14,15). The molecule has 4 nitrogen and oxygen atoms in total. The number of amides is 1. The summed E-state index contributed by atoms with van der Waals surface area (Å²) in [6.45, 7) is 0.943. The van der Waals surface area contributed by atoms with E-state index in [0.717, 1.165) is 43.7 Å². The number of rotatable bonds is 2. The molecule has 16 heavy (non-hydrogen) atoms. The molecule has 4 N–H and O–H groups in total. The molecule has 2 fully saturated rings. The molecule has 2 rings (SSSR count). The summed E-state index contributed by atoms with van der Waals surface area (Å²) in [7, 11) is 0. The lowest BCUT2D eigenvalue weighted by Gasteiger charge is -2.29. The van der Waals surface area contributed by atoms with Gasteiger partial charge in [-0.2, -0.15) is 11.8 Å². The molecule has 0 aromatic rings. The number of carbonyl (C=O) groups is 1. The van der Waals surface area contributed by atoms with Crippen molar-refractivity contribution in [2.75, 3.05) is 18.1 Å². The van der Waals surface area contributed by atoms with Gasteiger partial charge >= 0.3 is 0 Å². The highest BCUT2D eigenvalue weighted by molar-refractivity contribution is 7.99. The van der Waals surface area contributed by atoms with E-state index in [2.05, 4.69) is 10.6 Å². The fraction of sp³-hybridized carbons (Fsp3) is 0.909. The van der Waals surface area contributed by atoms with Crippen LogP contribution >= 0.6 is 11.8 Å². The van der Waals surface area contributed by atoms with Crippen LogP contribution in [0.1, 0.15) is 25.7 Å². The van der Waals surface area contributed by atoms with E-state index in [1.807, 2.05) is 11.8 Å². The van der Waals surface area contributed by atoms with Gasteiger partial charge < -0.3 is 16.4 Å².